The lowest BCUT2D eigenvalue weighted by molar-refractivity contribution is 0.546. The van der Waals surface area contributed by atoms with Gasteiger partial charge in [0, 0.05) is 12.8 Å². The van der Waals surface area contributed by atoms with Crippen LogP contribution < -0.4 is 5.73 Å². The second kappa shape index (κ2) is 5.16. The number of nitrogens with zero attached hydrogens (tertiary/aromatic N) is 2. The molecule has 5 nitrogen and oxygen atoms in total. The highest BCUT2D eigenvalue weighted by Crippen LogP contribution is 2.22. The summed E-state index contributed by atoms with van der Waals surface area (Å²) in [7, 11) is -3.12. The van der Waals surface area contributed by atoms with Gasteiger partial charge in [0.15, 0.2) is 0 Å². The first-order valence-electron chi connectivity index (χ1n) is 4.99. The lowest BCUT2D eigenvalue weighted by Gasteiger charge is -2.13. The van der Waals surface area contributed by atoms with Gasteiger partial charge in [-0.2, -0.15) is 5.10 Å². The van der Waals surface area contributed by atoms with E-state index in [1.807, 2.05) is 6.92 Å². The van der Waals surface area contributed by atoms with Crippen molar-refractivity contribution in [1.29, 1.82) is 0 Å². The fourth-order valence-corrected chi connectivity index (χ4v) is 2.63. The van der Waals surface area contributed by atoms with Crippen molar-refractivity contribution in [3.63, 3.8) is 0 Å². The van der Waals surface area contributed by atoms with Gasteiger partial charge in [-0.3, -0.25) is 4.68 Å². The average Bonchev–Trinajstić information content (AvgIpc) is 2.44. The quantitative estimate of drug-likeness (QED) is 0.861. The van der Waals surface area contributed by atoms with E-state index >= 15 is 0 Å². The van der Waals surface area contributed by atoms with Gasteiger partial charge in [-0.25, -0.2) is 8.42 Å². The van der Waals surface area contributed by atoms with E-state index in [-0.39, 0.29) is 5.75 Å². The molecule has 1 rings (SSSR count). The van der Waals surface area contributed by atoms with Gasteiger partial charge in [-0.1, -0.05) is 18.5 Å². The minimum atomic E-state index is -3.12. The second-order valence-corrected chi connectivity index (χ2v) is 6.39. The number of halogens is 1. The van der Waals surface area contributed by atoms with Crippen LogP contribution in [0.4, 0.5) is 0 Å². The summed E-state index contributed by atoms with van der Waals surface area (Å²) in [6.45, 7) is 2.68. The van der Waals surface area contributed by atoms with Gasteiger partial charge in [0.1, 0.15) is 9.84 Å². The normalized spacial score (nSPS) is 14.0. The number of aromatic nitrogens is 2. The number of hydrogen-bond acceptors (Lipinski definition) is 4. The van der Waals surface area contributed by atoms with Gasteiger partial charge < -0.3 is 5.73 Å². The third-order valence-corrected chi connectivity index (χ3v) is 3.36. The maximum absolute atomic E-state index is 11.2. The third-order valence-electron chi connectivity index (χ3n) is 2.10. The Hall–Kier alpha value is -0.590. The Labute approximate surface area is 100 Å². The molecule has 0 fully saturated rings. The fraction of sp³-hybridized carbons (Fsp3) is 0.667. The van der Waals surface area contributed by atoms with E-state index in [0.717, 1.165) is 12.7 Å². The van der Waals surface area contributed by atoms with Gasteiger partial charge in [0.2, 0.25) is 0 Å². The summed E-state index contributed by atoms with van der Waals surface area (Å²) in [5, 5.41) is 4.49. The first-order valence-corrected chi connectivity index (χ1v) is 7.43. The molecule has 0 aliphatic heterocycles. The molecule has 0 aliphatic rings. The fourth-order valence-electron chi connectivity index (χ4n) is 1.54. The summed E-state index contributed by atoms with van der Waals surface area (Å²) in [6.07, 6.45) is 3.53. The van der Waals surface area contributed by atoms with Crippen LogP contribution in [0.5, 0.6) is 0 Å². The van der Waals surface area contributed by atoms with Crippen LogP contribution in [0.25, 0.3) is 0 Å². The van der Waals surface area contributed by atoms with E-state index in [2.05, 4.69) is 5.10 Å². The average molecular weight is 266 g/mol. The summed E-state index contributed by atoms with van der Waals surface area (Å²) >= 11 is 5.95. The Balaban J connectivity index is 2.97. The standard InChI is InChI=1S/C9H16ClN3O2S/c1-3-4-13-9(7(10)5-12-13)8(11)6-16(2,14)15/h5,8H,3-4,6,11H2,1-2H3. The van der Waals surface area contributed by atoms with Gasteiger partial charge in [-0.05, 0) is 6.42 Å². The van der Waals surface area contributed by atoms with Crippen molar-refractivity contribution in [3.05, 3.63) is 16.9 Å². The van der Waals surface area contributed by atoms with Crippen LogP contribution in [0.3, 0.4) is 0 Å². The first-order chi connectivity index (χ1) is 7.35. The second-order valence-electron chi connectivity index (χ2n) is 3.80. The Bertz CT molecular complexity index is 455. The van der Waals surface area contributed by atoms with Gasteiger partial charge in [0.25, 0.3) is 0 Å². The lowest BCUT2D eigenvalue weighted by Crippen LogP contribution is -2.24. The SMILES string of the molecule is CCCn1ncc(Cl)c1C(N)CS(C)(=O)=O. The van der Waals surface area contributed by atoms with Crippen LogP contribution in [0, 0.1) is 0 Å². The van der Waals surface area contributed by atoms with Gasteiger partial charge in [-0.15, -0.1) is 0 Å². The zero-order valence-corrected chi connectivity index (χ0v) is 10.9. The number of hydrogen-bond donors (Lipinski definition) is 1. The zero-order chi connectivity index (χ0) is 12.3. The van der Waals surface area contributed by atoms with Crippen LogP contribution in [0.2, 0.25) is 5.02 Å². The summed E-state index contributed by atoms with van der Waals surface area (Å²) in [4.78, 5) is 0. The van der Waals surface area contributed by atoms with E-state index in [1.54, 1.807) is 4.68 Å². The van der Waals surface area contributed by atoms with Crippen molar-refractivity contribution in [2.24, 2.45) is 5.73 Å². The number of nitrogens with two attached hydrogens (primary N) is 1. The van der Waals surface area contributed by atoms with Crippen molar-refractivity contribution in [2.75, 3.05) is 12.0 Å². The molecule has 1 unspecified atom stereocenters. The molecule has 1 aromatic rings. The van der Waals surface area contributed by atoms with E-state index in [0.29, 0.717) is 17.3 Å². The van der Waals surface area contributed by atoms with Crippen LogP contribution >= 0.6 is 11.6 Å². The minimum Gasteiger partial charge on any atom is -0.322 e. The molecule has 0 amide bonds. The molecular weight excluding hydrogens is 250 g/mol. The molecule has 92 valence electrons. The van der Waals surface area contributed by atoms with Crippen LogP contribution in [-0.2, 0) is 16.4 Å². The van der Waals surface area contributed by atoms with E-state index < -0.39 is 15.9 Å². The molecule has 0 bridgehead atoms. The number of sulfone groups is 1. The highest BCUT2D eigenvalue weighted by Gasteiger charge is 2.20. The van der Waals surface area contributed by atoms with Crippen LogP contribution in [0.15, 0.2) is 6.20 Å². The van der Waals surface area contributed by atoms with Crippen LogP contribution in [-0.4, -0.2) is 30.2 Å². The topological polar surface area (TPSA) is 78.0 Å². The third kappa shape index (κ3) is 3.47. The highest BCUT2D eigenvalue weighted by molar-refractivity contribution is 7.90. The molecule has 0 aromatic carbocycles. The Morgan fingerprint density at radius 3 is 2.75 bits per heavy atom. The van der Waals surface area contributed by atoms with Crippen LogP contribution in [0.1, 0.15) is 25.1 Å². The first kappa shape index (κ1) is 13.5. The highest BCUT2D eigenvalue weighted by atomic mass is 35.5. The zero-order valence-electron chi connectivity index (χ0n) is 9.35. The summed E-state index contributed by atoms with van der Waals surface area (Å²) < 4.78 is 24.0. The van der Waals surface area contributed by atoms with Crippen molar-refractivity contribution in [3.8, 4) is 0 Å². The van der Waals surface area contributed by atoms with Crippen molar-refractivity contribution < 1.29 is 8.42 Å². The predicted molar refractivity (Wildman–Crippen MR) is 64.2 cm³/mol. The molecular formula is C9H16ClN3O2S. The van der Waals surface area contributed by atoms with Crippen molar-refractivity contribution >= 4 is 21.4 Å². The molecule has 1 aromatic heterocycles. The molecule has 0 saturated carbocycles. The Kier molecular flexibility index (Phi) is 4.35. The number of rotatable bonds is 5. The molecule has 16 heavy (non-hydrogen) atoms. The molecule has 0 radical (unpaired) electrons. The molecule has 1 heterocycles. The van der Waals surface area contributed by atoms with Gasteiger partial charge in [0.05, 0.1) is 28.7 Å². The van der Waals surface area contributed by atoms with E-state index in [9.17, 15) is 8.42 Å². The minimum absolute atomic E-state index is 0.123. The maximum atomic E-state index is 11.2. The lowest BCUT2D eigenvalue weighted by atomic mass is 10.2. The Morgan fingerprint density at radius 1 is 1.62 bits per heavy atom. The maximum Gasteiger partial charge on any atom is 0.149 e. The summed E-state index contributed by atoms with van der Waals surface area (Å²) in [5.74, 6) is -0.123. The predicted octanol–water partition coefficient (Wildman–Crippen LogP) is 0.991. The Morgan fingerprint density at radius 2 is 2.25 bits per heavy atom. The van der Waals surface area contributed by atoms with Crippen molar-refractivity contribution in [2.45, 2.75) is 25.9 Å². The molecule has 7 heteroatoms. The summed E-state index contributed by atoms with van der Waals surface area (Å²) in [5.41, 5.74) is 6.42. The van der Waals surface area contributed by atoms with E-state index in [1.165, 1.54) is 6.20 Å². The molecule has 0 aliphatic carbocycles. The van der Waals surface area contributed by atoms with Gasteiger partial charge >= 0.3 is 0 Å². The number of aryl methyl sites for hydroxylation is 1. The molecule has 2 N–H and O–H groups in total. The van der Waals surface area contributed by atoms with E-state index in [4.69, 9.17) is 17.3 Å². The molecule has 0 saturated heterocycles. The largest absolute Gasteiger partial charge is 0.322 e. The summed E-state index contributed by atoms with van der Waals surface area (Å²) in [6, 6.07) is -0.628. The smallest absolute Gasteiger partial charge is 0.149 e. The molecule has 0 spiro atoms. The van der Waals surface area contributed by atoms with Crippen molar-refractivity contribution in [1.82, 2.24) is 9.78 Å². The molecule has 1 atom stereocenters. The monoisotopic (exact) mass is 265 g/mol.